The van der Waals surface area contributed by atoms with Crippen molar-refractivity contribution in [2.24, 2.45) is 5.41 Å². The molecule has 0 saturated carbocycles. The van der Waals surface area contributed by atoms with Crippen molar-refractivity contribution < 1.29 is 4.74 Å². The van der Waals surface area contributed by atoms with E-state index < -0.39 is 0 Å². The van der Waals surface area contributed by atoms with Crippen LogP contribution in [0.15, 0.2) is 18.3 Å². The van der Waals surface area contributed by atoms with E-state index in [1.165, 1.54) is 12.0 Å². The predicted octanol–water partition coefficient (Wildman–Crippen LogP) is 2.30. The molecule has 0 radical (unpaired) electrons. The average molecular weight is 277 g/mol. The van der Waals surface area contributed by atoms with E-state index in [1.54, 1.807) is 13.3 Å². The Kier molecular flexibility index (Phi) is 5.00. The summed E-state index contributed by atoms with van der Waals surface area (Å²) in [4.78, 5) is 6.80. The van der Waals surface area contributed by atoms with E-state index in [-0.39, 0.29) is 5.41 Å². The second-order valence-corrected chi connectivity index (χ2v) is 6.63. The topological polar surface area (TPSA) is 37.4 Å². The Morgan fingerprint density at radius 3 is 2.95 bits per heavy atom. The maximum absolute atomic E-state index is 5.36. The summed E-state index contributed by atoms with van der Waals surface area (Å²) in [6.07, 6.45) is 2.97. The van der Waals surface area contributed by atoms with Crippen LogP contribution in [0.4, 0.5) is 0 Å². The van der Waals surface area contributed by atoms with Crippen molar-refractivity contribution in [2.45, 2.75) is 39.8 Å². The number of hydrogen-bond acceptors (Lipinski definition) is 4. The minimum atomic E-state index is 0.279. The highest BCUT2D eigenvalue weighted by Gasteiger charge is 2.28. The van der Waals surface area contributed by atoms with Crippen molar-refractivity contribution in [1.29, 1.82) is 0 Å². The number of ether oxygens (including phenoxy) is 1. The van der Waals surface area contributed by atoms with E-state index in [2.05, 4.69) is 42.0 Å². The van der Waals surface area contributed by atoms with Gasteiger partial charge < -0.3 is 10.1 Å². The van der Waals surface area contributed by atoms with Crippen LogP contribution in [0.25, 0.3) is 0 Å². The minimum absolute atomic E-state index is 0.279. The Hall–Kier alpha value is -1.13. The summed E-state index contributed by atoms with van der Waals surface area (Å²) in [6.45, 7) is 11.1. The molecule has 2 rings (SSSR count). The molecule has 1 atom stereocenters. The van der Waals surface area contributed by atoms with Gasteiger partial charge in [-0.3, -0.25) is 4.90 Å². The largest absolute Gasteiger partial charge is 0.481 e. The molecule has 1 N–H and O–H groups in total. The number of rotatable bonds is 3. The van der Waals surface area contributed by atoms with Crippen LogP contribution in [0.5, 0.6) is 5.88 Å². The van der Waals surface area contributed by atoms with Crippen molar-refractivity contribution in [3.8, 4) is 5.88 Å². The fourth-order valence-corrected chi connectivity index (χ4v) is 2.69. The molecular formula is C16H27N3O. The van der Waals surface area contributed by atoms with E-state index in [4.69, 9.17) is 4.74 Å². The standard InChI is InChI=1S/C16H27N3O/c1-16(2,3)14-12-19(10-6-9-17-14)11-13-7-5-8-18-15(13)20-4/h5,7-8,14,17H,6,9-12H2,1-4H3. The molecule has 0 bridgehead atoms. The predicted molar refractivity (Wildman–Crippen MR) is 81.9 cm³/mol. The summed E-state index contributed by atoms with van der Waals surface area (Å²) < 4.78 is 5.36. The third-order valence-corrected chi connectivity index (χ3v) is 3.97. The maximum atomic E-state index is 5.36. The Bertz CT molecular complexity index is 428. The molecule has 20 heavy (non-hydrogen) atoms. The average Bonchev–Trinajstić information content (AvgIpc) is 2.64. The highest BCUT2D eigenvalue weighted by molar-refractivity contribution is 5.25. The Morgan fingerprint density at radius 2 is 2.25 bits per heavy atom. The van der Waals surface area contributed by atoms with Crippen LogP contribution in [0.1, 0.15) is 32.8 Å². The van der Waals surface area contributed by atoms with E-state index in [0.29, 0.717) is 6.04 Å². The van der Waals surface area contributed by atoms with E-state index in [1.807, 2.05) is 6.07 Å². The van der Waals surface area contributed by atoms with Gasteiger partial charge in [0.05, 0.1) is 7.11 Å². The molecule has 1 aromatic heterocycles. The van der Waals surface area contributed by atoms with Crippen molar-refractivity contribution in [3.05, 3.63) is 23.9 Å². The number of hydrogen-bond donors (Lipinski definition) is 1. The lowest BCUT2D eigenvalue weighted by molar-refractivity contribution is 0.190. The van der Waals surface area contributed by atoms with Gasteiger partial charge in [0.25, 0.3) is 0 Å². The van der Waals surface area contributed by atoms with Crippen LogP contribution in [-0.2, 0) is 6.54 Å². The van der Waals surface area contributed by atoms with Crippen molar-refractivity contribution in [2.75, 3.05) is 26.7 Å². The van der Waals surface area contributed by atoms with Gasteiger partial charge in [0.2, 0.25) is 5.88 Å². The lowest BCUT2D eigenvalue weighted by Crippen LogP contribution is -2.46. The molecule has 1 fully saturated rings. The molecule has 1 unspecified atom stereocenters. The van der Waals surface area contributed by atoms with Gasteiger partial charge in [0, 0.05) is 30.9 Å². The number of nitrogens with one attached hydrogen (secondary N) is 1. The number of nitrogens with zero attached hydrogens (tertiary/aromatic N) is 2. The lowest BCUT2D eigenvalue weighted by Gasteiger charge is -2.33. The lowest BCUT2D eigenvalue weighted by atomic mass is 9.86. The molecular weight excluding hydrogens is 250 g/mol. The van der Waals surface area contributed by atoms with Crippen LogP contribution >= 0.6 is 0 Å². The first kappa shape index (κ1) is 15.3. The highest BCUT2D eigenvalue weighted by atomic mass is 16.5. The zero-order valence-electron chi connectivity index (χ0n) is 13.1. The van der Waals surface area contributed by atoms with Gasteiger partial charge in [-0.05, 0) is 31.0 Å². The Morgan fingerprint density at radius 1 is 1.45 bits per heavy atom. The molecule has 0 amide bonds. The molecule has 4 heteroatoms. The maximum Gasteiger partial charge on any atom is 0.217 e. The first-order valence-corrected chi connectivity index (χ1v) is 7.44. The molecule has 112 valence electrons. The summed E-state index contributed by atoms with van der Waals surface area (Å²) in [5, 5.41) is 3.68. The van der Waals surface area contributed by atoms with Crippen molar-refractivity contribution in [3.63, 3.8) is 0 Å². The van der Waals surface area contributed by atoms with Crippen LogP contribution in [0.3, 0.4) is 0 Å². The van der Waals surface area contributed by atoms with Gasteiger partial charge in [0.1, 0.15) is 0 Å². The SMILES string of the molecule is COc1ncccc1CN1CCCNC(C(C)(C)C)C1. The first-order valence-electron chi connectivity index (χ1n) is 7.44. The van der Waals surface area contributed by atoms with E-state index in [0.717, 1.165) is 32.1 Å². The van der Waals surface area contributed by atoms with Gasteiger partial charge in [-0.25, -0.2) is 4.98 Å². The minimum Gasteiger partial charge on any atom is -0.481 e. The number of aromatic nitrogens is 1. The van der Waals surface area contributed by atoms with E-state index in [9.17, 15) is 0 Å². The monoisotopic (exact) mass is 277 g/mol. The summed E-state index contributed by atoms with van der Waals surface area (Å²) in [6, 6.07) is 4.61. The van der Waals surface area contributed by atoms with Crippen LogP contribution in [0, 0.1) is 5.41 Å². The second kappa shape index (κ2) is 6.55. The van der Waals surface area contributed by atoms with Gasteiger partial charge in [-0.15, -0.1) is 0 Å². The van der Waals surface area contributed by atoms with Crippen LogP contribution in [-0.4, -0.2) is 42.7 Å². The molecule has 0 aromatic carbocycles. The van der Waals surface area contributed by atoms with E-state index >= 15 is 0 Å². The van der Waals surface area contributed by atoms with Crippen LogP contribution in [0.2, 0.25) is 0 Å². The third-order valence-electron chi connectivity index (χ3n) is 3.97. The molecule has 4 nitrogen and oxygen atoms in total. The zero-order chi connectivity index (χ0) is 14.6. The molecule has 1 aromatic rings. The molecule has 0 spiro atoms. The smallest absolute Gasteiger partial charge is 0.217 e. The summed E-state index contributed by atoms with van der Waals surface area (Å²) in [5.41, 5.74) is 1.45. The van der Waals surface area contributed by atoms with Crippen molar-refractivity contribution >= 4 is 0 Å². The Labute approximate surface area is 122 Å². The molecule has 2 heterocycles. The fraction of sp³-hybridized carbons (Fsp3) is 0.688. The highest BCUT2D eigenvalue weighted by Crippen LogP contribution is 2.23. The number of pyridine rings is 1. The summed E-state index contributed by atoms with van der Waals surface area (Å²) in [7, 11) is 1.69. The molecule has 1 saturated heterocycles. The summed E-state index contributed by atoms with van der Waals surface area (Å²) >= 11 is 0. The quantitative estimate of drug-likeness (QED) is 0.920. The van der Waals surface area contributed by atoms with Gasteiger partial charge in [-0.2, -0.15) is 0 Å². The van der Waals surface area contributed by atoms with Gasteiger partial charge in [-0.1, -0.05) is 26.8 Å². The second-order valence-electron chi connectivity index (χ2n) is 6.63. The van der Waals surface area contributed by atoms with Gasteiger partial charge >= 0.3 is 0 Å². The number of methoxy groups -OCH3 is 1. The first-order chi connectivity index (χ1) is 9.50. The third kappa shape index (κ3) is 3.93. The van der Waals surface area contributed by atoms with Gasteiger partial charge in [0.15, 0.2) is 0 Å². The van der Waals surface area contributed by atoms with Crippen LogP contribution < -0.4 is 10.1 Å². The zero-order valence-corrected chi connectivity index (χ0v) is 13.1. The summed E-state index contributed by atoms with van der Waals surface area (Å²) in [5.74, 6) is 0.747. The molecule has 1 aliphatic heterocycles. The fourth-order valence-electron chi connectivity index (χ4n) is 2.69. The normalized spacial score (nSPS) is 21.5. The molecule has 1 aliphatic rings. The molecule has 0 aliphatic carbocycles. The van der Waals surface area contributed by atoms with Crippen molar-refractivity contribution in [1.82, 2.24) is 15.2 Å². The Balaban J connectivity index is 2.07.